The number of ether oxygens (including phenoxy) is 2. The summed E-state index contributed by atoms with van der Waals surface area (Å²) in [5.74, 6) is -0.871. The number of carbonyl (C=O) groups is 3. The van der Waals surface area contributed by atoms with E-state index in [0.717, 1.165) is 27.3 Å². The van der Waals surface area contributed by atoms with Crippen molar-refractivity contribution in [3.05, 3.63) is 89.5 Å². The Morgan fingerprint density at radius 3 is 2.33 bits per heavy atom. The van der Waals surface area contributed by atoms with Crippen molar-refractivity contribution in [2.75, 3.05) is 16.4 Å². The van der Waals surface area contributed by atoms with Gasteiger partial charge in [0.2, 0.25) is 11.8 Å². The molecular formula is C30H32N2O7S. The zero-order valence-electron chi connectivity index (χ0n) is 22.0. The Bertz CT molecular complexity index is 1310. The van der Waals surface area contributed by atoms with Crippen LogP contribution in [-0.2, 0) is 30.5 Å². The summed E-state index contributed by atoms with van der Waals surface area (Å²) in [6.07, 6.45) is -0.847. The first-order valence-electron chi connectivity index (χ1n) is 12.9. The highest BCUT2D eigenvalue weighted by molar-refractivity contribution is 7.99. The highest BCUT2D eigenvalue weighted by atomic mass is 32.2. The van der Waals surface area contributed by atoms with Crippen molar-refractivity contribution in [2.45, 2.75) is 56.2 Å². The molecule has 0 radical (unpaired) electrons. The van der Waals surface area contributed by atoms with Gasteiger partial charge in [0.05, 0.1) is 25.2 Å². The molecule has 0 unspecified atom stereocenters. The average molecular weight is 565 g/mol. The topological polar surface area (TPSA) is 134 Å². The Morgan fingerprint density at radius 2 is 1.65 bits per heavy atom. The first-order chi connectivity index (χ1) is 19.3. The van der Waals surface area contributed by atoms with Gasteiger partial charge in [0.25, 0.3) is 0 Å². The number of aliphatic hydroxyl groups is 1. The predicted molar refractivity (Wildman–Crippen MR) is 152 cm³/mol. The summed E-state index contributed by atoms with van der Waals surface area (Å²) in [7, 11) is 0. The maximum Gasteiger partial charge on any atom is 0.303 e. The molecular weight excluding hydrogens is 532 g/mol. The number of thioether (sulfide) groups is 1. The lowest BCUT2D eigenvalue weighted by Gasteiger charge is -2.36. The lowest BCUT2D eigenvalue weighted by atomic mass is 10.0. The van der Waals surface area contributed by atoms with E-state index in [1.54, 1.807) is 30.0 Å². The minimum atomic E-state index is -1.03. The fourth-order valence-corrected chi connectivity index (χ4v) is 5.18. The molecule has 1 aliphatic rings. The van der Waals surface area contributed by atoms with E-state index in [2.05, 4.69) is 10.6 Å². The molecule has 0 saturated carbocycles. The van der Waals surface area contributed by atoms with E-state index in [-0.39, 0.29) is 43.5 Å². The minimum Gasteiger partial charge on any atom is -0.481 e. The van der Waals surface area contributed by atoms with Gasteiger partial charge in [0, 0.05) is 47.4 Å². The number of hydrogen-bond donors (Lipinski definition) is 4. The first kappa shape index (κ1) is 29.3. The van der Waals surface area contributed by atoms with Crippen LogP contribution in [0.15, 0.2) is 77.7 Å². The molecule has 1 fully saturated rings. The van der Waals surface area contributed by atoms with Crippen LogP contribution < -0.4 is 10.6 Å². The number of aliphatic carboxylic acids is 1. The molecule has 1 aliphatic heterocycles. The number of benzene rings is 3. The number of carboxylic acids is 1. The van der Waals surface area contributed by atoms with Gasteiger partial charge in [-0.05, 0) is 47.5 Å². The maximum absolute atomic E-state index is 12.2. The van der Waals surface area contributed by atoms with Crippen LogP contribution in [0.25, 0.3) is 0 Å². The lowest BCUT2D eigenvalue weighted by molar-refractivity contribution is -0.245. The van der Waals surface area contributed by atoms with Crippen LogP contribution in [0.4, 0.5) is 11.4 Å². The monoisotopic (exact) mass is 564 g/mol. The largest absolute Gasteiger partial charge is 0.481 e. The fraction of sp³-hybridized carbons (Fsp3) is 0.300. The van der Waals surface area contributed by atoms with E-state index in [4.69, 9.17) is 14.6 Å². The van der Waals surface area contributed by atoms with Crippen LogP contribution in [0, 0.1) is 0 Å². The van der Waals surface area contributed by atoms with Gasteiger partial charge in [-0.2, -0.15) is 0 Å². The quantitative estimate of drug-likeness (QED) is 0.231. The summed E-state index contributed by atoms with van der Waals surface area (Å²) >= 11 is 1.64. The van der Waals surface area contributed by atoms with Crippen molar-refractivity contribution in [3.63, 3.8) is 0 Å². The zero-order chi connectivity index (χ0) is 28.5. The Kier molecular flexibility index (Phi) is 10.3. The standard InChI is InChI=1S/C30H32N2O7S/c1-19(34)31-23-9-11-26(12-10-23)40-18-25-16-27(21-7-5-20(17-33)6-8-21)39-30(38-25)22-3-2-4-24(15-22)32-28(35)13-14-29(36)37/h2-12,15,25,27,30,33H,13-14,16-18H2,1H3,(H,31,34)(H,32,35)(H,36,37)/t25-,27+,30+/m0/s1. The van der Waals surface area contributed by atoms with Crippen molar-refractivity contribution < 1.29 is 34.1 Å². The van der Waals surface area contributed by atoms with Crippen molar-refractivity contribution >= 4 is 40.9 Å². The molecule has 0 bridgehead atoms. The second kappa shape index (κ2) is 14.1. The Hall–Kier alpha value is -3.70. The number of nitrogens with one attached hydrogen (secondary N) is 2. The number of amides is 2. The molecule has 3 aromatic rings. The molecule has 4 N–H and O–H groups in total. The van der Waals surface area contributed by atoms with E-state index in [0.29, 0.717) is 17.9 Å². The third kappa shape index (κ3) is 8.65. The van der Waals surface area contributed by atoms with Crippen LogP contribution >= 0.6 is 11.8 Å². The minimum absolute atomic E-state index is 0.0392. The Labute approximate surface area is 236 Å². The number of carbonyl (C=O) groups excluding carboxylic acids is 2. The second-order valence-electron chi connectivity index (χ2n) is 9.43. The van der Waals surface area contributed by atoms with Gasteiger partial charge in [-0.25, -0.2) is 0 Å². The zero-order valence-corrected chi connectivity index (χ0v) is 22.9. The van der Waals surface area contributed by atoms with Crippen LogP contribution in [0.1, 0.15) is 55.3 Å². The molecule has 2 amide bonds. The molecule has 0 spiro atoms. The third-order valence-corrected chi connectivity index (χ3v) is 7.38. The summed E-state index contributed by atoms with van der Waals surface area (Å²) in [5, 5.41) is 23.8. The van der Waals surface area contributed by atoms with Crippen molar-refractivity contribution in [1.29, 1.82) is 0 Å². The summed E-state index contributed by atoms with van der Waals surface area (Å²) in [5.41, 5.74) is 3.77. The molecule has 4 rings (SSSR count). The second-order valence-corrected chi connectivity index (χ2v) is 10.5. The molecule has 1 heterocycles. The predicted octanol–water partition coefficient (Wildman–Crippen LogP) is 5.28. The smallest absolute Gasteiger partial charge is 0.303 e. The summed E-state index contributed by atoms with van der Waals surface area (Å²) in [4.78, 5) is 35.3. The third-order valence-electron chi connectivity index (χ3n) is 6.23. The normalized spacial score (nSPS) is 18.6. The van der Waals surface area contributed by atoms with Gasteiger partial charge in [-0.3, -0.25) is 14.4 Å². The van der Waals surface area contributed by atoms with E-state index in [1.807, 2.05) is 54.6 Å². The molecule has 0 aromatic heterocycles. The van der Waals surface area contributed by atoms with Gasteiger partial charge >= 0.3 is 5.97 Å². The van der Waals surface area contributed by atoms with E-state index in [9.17, 15) is 19.5 Å². The molecule has 10 heteroatoms. The van der Waals surface area contributed by atoms with Gasteiger partial charge in [-0.15, -0.1) is 11.8 Å². The molecule has 210 valence electrons. The average Bonchev–Trinajstić information content (AvgIpc) is 2.95. The Morgan fingerprint density at radius 1 is 0.900 bits per heavy atom. The number of aliphatic hydroxyl groups excluding tert-OH is 1. The number of carboxylic acid groups (broad SMARTS) is 1. The number of rotatable bonds is 11. The van der Waals surface area contributed by atoms with Gasteiger partial charge < -0.3 is 30.3 Å². The van der Waals surface area contributed by atoms with E-state index >= 15 is 0 Å². The fourth-order valence-electron chi connectivity index (χ4n) is 4.26. The summed E-state index contributed by atoms with van der Waals surface area (Å²) < 4.78 is 12.8. The van der Waals surface area contributed by atoms with Crippen LogP contribution in [0.5, 0.6) is 0 Å². The van der Waals surface area contributed by atoms with E-state index in [1.165, 1.54) is 6.92 Å². The molecule has 3 atom stereocenters. The van der Waals surface area contributed by atoms with E-state index < -0.39 is 12.3 Å². The van der Waals surface area contributed by atoms with Gasteiger partial charge in [0.15, 0.2) is 6.29 Å². The molecule has 40 heavy (non-hydrogen) atoms. The highest BCUT2D eigenvalue weighted by Gasteiger charge is 2.32. The van der Waals surface area contributed by atoms with Gasteiger partial charge in [-0.1, -0.05) is 36.4 Å². The number of hydrogen-bond acceptors (Lipinski definition) is 7. The van der Waals surface area contributed by atoms with Crippen molar-refractivity contribution in [2.24, 2.45) is 0 Å². The van der Waals surface area contributed by atoms with Gasteiger partial charge in [0.1, 0.15) is 0 Å². The summed E-state index contributed by atoms with van der Waals surface area (Å²) in [6.45, 7) is 1.43. The Balaban J connectivity index is 1.48. The van der Waals surface area contributed by atoms with Crippen LogP contribution in [0.3, 0.4) is 0 Å². The summed E-state index contributed by atoms with van der Waals surface area (Å²) in [6, 6.07) is 22.4. The maximum atomic E-state index is 12.2. The number of anilines is 2. The van der Waals surface area contributed by atoms with Crippen molar-refractivity contribution in [1.82, 2.24) is 0 Å². The SMILES string of the molecule is CC(=O)Nc1ccc(SC[C@@H]2C[C@H](c3ccc(CO)cc3)O[C@H](c3cccc(NC(=O)CCC(=O)O)c3)O2)cc1. The molecule has 3 aromatic carbocycles. The molecule has 1 saturated heterocycles. The highest BCUT2D eigenvalue weighted by Crippen LogP contribution is 2.40. The first-order valence-corrected chi connectivity index (χ1v) is 13.9. The van der Waals surface area contributed by atoms with Crippen molar-refractivity contribution in [3.8, 4) is 0 Å². The van der Waals surface area contributed by atoms with Crippen LogP contribution in [0.2, 0.25) is 0 Å². The lowest BCUT2D eigenvalue weighted by Crippen LogP contribution is -2.31. The molecule has 9 nitrogen and oxygen atoms in total. The van der Waals surface area contributed by atoms with Crippen LogP contribution in [-0.4, -0.2) is 39.9 Å². The molecule has 0 aliphatic carbocycles.